The minimum absolute atomic E-state index is 0.00268. The molecule has 11 heteroatoms. The van der Waals surface area contributed by atoms with Gasteiger partial charge in [0.05, 0.1) is 23.7 Å². The van der Waals surface area contributed by atoms with Crippen LogP contribution in [0.1, 0.15) is 18.4 Å². The minimum atomic E-state index is -3.42. The van der Waals surface area contributed by atoms with Gasteiger partial charge >= 0.3 is 0 Å². The van der Waals surface area contributed by atoms with Crippen LogP contribution in [0.15, 0.2) is 79.1 Å². The van der Waals surface area contributed by atoms with Gasteiger partial charge < -0.3 is 9.72 Å². The minimum Gasteiger partial charge on any atom is -0.491 e. The van der Waals surface area contributed by atoms with E-state index in [4.69, 9.17) is 4.74 Å². The van der Waals surface area contributed by atoms with E-state index in [9.17, 15) is 12.8 Å². The number of aromatic amines is 2. The van der Waals surface area contributed by atoms with Gasteiger partial charge in [0.1, 0.15) is 23.9 Å². The topological polar surface area (TPSA) is 116 Å². The number of hydrogen-bond acceptors (Lipinski definition) is 6. The summed E-state index contributed by atoms with van der Waals surface area (Å²) in [5, 5.41) is 9.63. The van der Waals surface area contributed by atoms with Crippen LogP contribution in [0.25, 0.3) is 55.4 Å². The van der Waals surface area contributed by atoms with Crippen LogP contribution >= 0.6 is 0 Å². The maximum absolute atomic E-state index is 14.7. The quantitative estimate of drug-likeness (QED) is 0.170. The molecule has 0 unspecified atom stereocenters. The lowest BCUT2D eigenvalue weighted by atomic mass is 9.99. The molecule has 0 amide bonds. The molecule has 45 heavy (non-hydrogen) atoms. The van der Waals surface area contributed by atoms with Crippen LogP contribution in [0, 0.1) is 5.82 Å². The number of aromatic nitrogens is 4. The van der Waals surface area contributed by atoms with E-state index in [2.05, 4.69) is 35.9 Å². The highest BCUT2D eigenvalue weighted by Gasteiger charge is 2.16. The van der Waals surface area contributed by atoms with Crippen molar-refractivity contribution in [3.8, 4) is 39.4 Å². The molecule has 0 spiro atoms. The van der Waals surface area contributed by atoms with E-state index >= 15 is 0 Å². The monoisotopic (exact) mass is 624 g/mol. The lowest BCUT2D eigenvalue weighted by Gasteiger charge is -2.15. The first kappa shape index (κ1) is 29.1. The molecule has 1 fully saturated rings. The number of H-pyrrole nitrogens is 2. The largest absolute Gasteiger partial charge is 0.491 e. The molecule has 7 rings (SSSR count). The zero-order chi connectivity index (χ0) is 31.0. The van der Waals surface area contributed by atoms with Gasteiger partial charge in [-0.2, -0.15) is 5.10 Å². The number of benzene rings is 3. The van der Waals surface area contributed by atoms with Gasteiger partial charge in [-0.15, -0.1) is 0 Å². The number of halogens is 1. The van der Waals surface area contributed by atoms with E-state index in [1.807, 2.05) is 48.7 Å². The molecule has 0 saturated carbocycles. The Morgan fingerprint density at radius 1 is 0.933 bits per heavy atom. The van der Waals surface area contributed by atoms with Gasteiger partial charge in [-0.1, -0.05) is 18.2 Å². The number of nitrogens with zero attached hydrogens (tertiary/aromatic N) is 3. The number of ether oxygens (including phenoxy) is 1. The average molecular weight is 625 g/mol. The summed E-state index contributed by atoms with van der Waals surface area (Å²) in [6.07, 6.45) is 7.19. The van der Waals surface area contributed by atoms with Crippen molar-refractivity contribution in [3.05, 3.63) is 90.5 Å². The number of rotatable bonds is 10. The number of likely N-dealkylation sites (tertiary alicyclic amines) is 1. The molecule has 0 atom stereocenters. The highest BCUT2D eigenvalue weighted by atomic mass is 32.2. The van der Waals surface area contributed by atoms with E-state index in [1.54, 1.807) is 12.3 Å². The van der Waals surface area contributed by atoms with Crippen LogP contribution in [0.4, 0.5) is 4.39 Å². The summed E-state index contributed by atoms with van der Waals surface area (Å²) >= 11 is 0. The van der Waals surface area contributed by atoms with Crippen molar-refractivity contribution in [3.63, 3.8) is 0 Å². The molecule has 4 heterocycles. The third kappa shape index (κ3) is 6.46. The average Bonchev–Trinajstić information content (AvgIpc) is 3.79. The summed E-state index contributed by atoms with van der Waals surface area (Å²) in [6, 6.07) is 20.6. The number of hydrogen-bond donors (Lipinski definition) is 3. The normalized spacial score (nSPS) is 14.1. The molecule has 1 aliphatic heterocycles. The van der Waals surface area contributed by atoms with Gasteiger partial charge in [0.2, 0.25) is 10.0 Å². The molecule has 230 valence electrons. The van der Waals surface area contributed by atoms with Crippen LogP contribution in [0.2, 0.25) is 0 Å². The second-order valence-corrected chi connectivity index (χ2v) is 13.4. The number of nitrogens with one attached hydrogen (secondary N) is 3. The van der Waals surface area contributed by atoms with Crippen LogP contribution < -0.4 is 9.46 Å². The SMILES string of the molecule is CS(=O)(=O)NCc1cc(F)cc(-c2cccc3[nH]c(-c4n[nH]c5ccc(-c6cncc(OCCN7CCCC7)c6)cc45)cc23)c1. The lowest BCUT2D eigenvalue weighted by Crippen LogP contribution is -2.25. The summed E-state index contributed by atoms with van der Waals surface area (Å²) in [6.45, 7) is 3.84. The molecule has 3 N–H and O–H groups in total. The van der Waals surface area contributed by atoms with E-state index in [0.29, 0.717) is 17.7 Å². The predicted octanol–water partition coefficient (Wildman–Crippen LogP) is 6.10. The first-order valence-electron chi connectivity index (χ1n) is 14.9. The highest BCUT2D eigenvalue weighted by Crippen LogP contribution is 2.36. The summed E-state index contributed by atoms with van der Waals surface area (Å²) in [4.78, 5) is 10.3. The second kappa shape index (κ2) is 12.1. The number of fused-ring (bicyclic) bond motifs is 2. The summed E-state index contributed by atoms with van der Waals surface area (Å²) in [5.41, 5.74) is 7.30. The molecule has 0 bridgehead atoms. The molecular formula is C34H33FN6O3S. The van der Waals surface area contributed by atoms with Crippen LogP contribution in [0.5, 0.6) is 5.75 Å². The molecule has 0 radical (unpaired) electrons. The van der Waals surface area contributed by atoms with Gasteiger partial charge in [-0.3, -0.25) is 15.0 Å². The fraction of sp³-hybridized carbons (Fsp3) is 0.235. The predicted molar refractivity (Wildman–Crippen MR) is 175 cm³/mol. The molecule has 1 saturated heterocycles. The Morgan fingerprint density at radius 3 is 2.64 bits per heavy atom. The second-order valence-electron chi connectivity index (χ2n) is 11.5. The summed E-state index contributed by atoms with van der Waals surface area (Å²) in [7, 11) is -3.42. The summed E-state index contributed by atoms with van der Waals surface area (Å²) < 4.78 is 46.3. The van der Waals surface area contributed by atoms with Crippen LogP contribution in [-0.4, -0.2) is 66.0 Å². The van der Waals surface area contributed by atoms with Gasteiger partial charge in [0, 0.05) is 41.1 Å². The van der Waals surface area contributed by atoms with Gasteiger partial charge in [-0.05, 0) is 96.7 Å². The van der Waals surface area contributed by atoms with Gasteiger partial charge in [0.15, 0.2) is 0 Å². The molecular weight excluding hydrogens is 591 g/mol. The van der Waals surface area contributed by atoms with Crippen molar-refractivity contribution in [1.82, 2.24) is 29.8 Å². The Kier molecular flexibility index (Phi) is 7.82. The standard InChI is InChI=1S/C34H33FN6O3S/c1-45(42,43)37-19-22-13-24(15-26(35)14-22)28-5-4-6-31-29(28)18-33(38-31)34-30-17-23(7-8-32(30)39-40-34)25-16-27(21-36-20-25)44-12-11-41-9-2-3-10-41/h4-8,13-18,20-21,37-38H,2-3,9-12,19H2,1H3,(H,39,40). The van der Waals surface area contributed by atoms with Crippen molar-refractivity contribution in [2.24, 2.45) is 0 Å². The first-order chi connectivity index (χ1) is 21.8. The lowest BCUT2D eigenvalue weighted by molar-refractivity contribution is 0.237. The van der Waals surface area contributed by atoms with Crippen molar-refractivity contribution in [2.75, 3.05) is 32.5 Å². The van der Waals surface area contributed by atoms with Crippen molar-refractivity contribution >= 4 is 31.8 Å². The molecule has 1 aliphatic rings. The smallest absolute Gasteiger partial charge is 0.209 e. The maximum Gasteiger partial charge on any atom is 0.209 e. The van der Waals surface area contributed by atoms with E-state index in [0.717, 1.165) is 81.5 Å². The van der Waals surface area contributed by atoms with Crippen molar-refractivity contribution in [2.45, 2.75) is 19.4 Å². The molecule has 3 aromatic heterocycles. The number of sulfonamides is 1. The third-order valence-electron chi connectivity index (χ3n) is 8.21. The Hall–Kier alpha value is -4.58. The van der Waals surface area contributed by atoms with E-state index in [1.165, 1.54) is 25.0 Å². The molecule has 0 aliphatic carbocycles. The third-order valence-corrected chi connectivity index (χ3v) is 8.88. The summed E-state index contributed by atoms with van der Waals surface area (Å²) in [5.74, 6) is 0.307. The van der Waals surface area contributed by atoms with E-state index in [-0.39, 0.29) is 6.54 Å². The van der Waals surface area contributed by atoms with Gasteiger partial charge in [0.25, 0.3) is 0 Å². The van der Waals surface area contributed by atoms with Crippen molar-refractivity contribution < 1.29 is 17.5 Å². The van der Waals surface area contributed by atoms with Crippen LogP contribution in [0.3, 0.4) is 0 Å². The molecule has 3 aromatic carbocycles. The fourth-order valence-corrected chi connectivity index (χ4v) is 6.44. The Bertz CT molecular complexity index is 2120. The zero-order valence-electron chi connectivity index (χ0n) is 24.8. The molecule has 9 nitrogen and oxygen atoms in total. The highest BCUT2D eigenvalue weighted by molar-refractivity contribution is 7.88. The maximum atomic E-state index is 14.7. The zero-order valence-corrected chi connectivity index (χ0v) is 25.6. The van der Waals surface area contributed by atoms with E-state index < -0.39 is 15.8 Å². The Morgan fingerprint density at radius 2 is 1.80 bits per heavy atom. The Labute approximate surface area is 260 Å². The van der Waals surface area contributed by atoms with Crippen LogP contribution in [-0.2, 0) is 16.6 Å². The fourth-order valence-electron chi connectivity index (χ4n) is 6.01. The van der Waals surface area contributed by atoms with Crippen molar-refractivity contribution in [1.29, 1.82) is 0 Å². The first-order valence-corrected chi connectivity index (χ1v) is 16.8. The van der Waals surface area contributed by atoms with Gasteiger partial charge in [-0.25, -0.2) is 17.5 Å². The Balaban J connectivity index is 1.19. The molecule has 6 aromatic rings. The number of pyridine rings is 1.